The number of halogens is 1. The number of nitrogens with zero attached hydrogens (tertiary/aromatic N) is 1. The number of amides is 1. The fourth-order valence-corrected chi connectivity index (χ4v) is 3.79. The minimum Gasteiger partial charge on any atom is -0.486 e. The maximum Gasteiger partial charge on any atom is 0.238 e. The standard InChI is InChI=1S/C18H23ClN2O5/c19-13-9-15-16(24-6-5-23-15)10-14(13)20-17(22)11-21-3-1-12(2-4-21)18-25-7-8-26-18/h9-10,12,18H,1-8,11H2,(H,20,22). The van der Waals surface area contributed by atoms with Crippen molar-refractivity contribution >= 4 is 23.2 Å². The van der Waals surface area contributed by atoms with Gasteiger partial charge in [-0.3, -0.25) is 9.69 Å². The van der Waals surface area contributed by atoms with E-state index >= 15 is 0 Å². The highest BCUT2D eigenvalue weighted by atomic mass is 35.5. The van der Waals surface area contributed by atoms with Crippen LogP contribution in [0.5, 0.6) is 11.5 Å². The zero-order valence-electron chi connectivity index (χ0n) is 14.5. The Morgan fingerprint density at radius 1 is 1.08 bits per heavy atom. The van der Waals surface area contributed by atoms with Gasteiger partial charge < -0.3 is 24.3 Å². The van der Waals surface area contributed by atoms with Crippen molar-refractivity contribution in [3.05, 3.63) is 17.2 Å². The molecule has 0 aliphatic carbocycles. The second kappa shape index (κ2) is 8.00. The fourth-order valence-electron chi connectivity index (χ4n) is 3.58. The summed E-state index contributed by atoms with van der Waals surface area (Å²) in [6.07, 6.45) is 1.88. The van der Waals surface area contributed by atoms with Gasteiger partial charge in [0.05, 0.1) is 30.5 Å². The molecule has 0 unspecified atom stereocenters. The van der Waals surface area contributed by atoms with E-state index in [1.165, 1.54) is 0 Å². The average molecular weight is 383 g/mol. The Kier molecular flexibility index (Phi) is 5.49. The average Bonchev–Trinajstić information content (AvgIpc) is 3.17. The number of nitrogens with one attached hydrogen (secondary N) is 1. The number of hydrogen-bond donors (Lipinski definition) is 1. The van der Waals surface area contributed by atoms with Crippen molar-refractivity contribution in [3.63, 3.8) is 0 Å². The molecule has 26 heavy (non-hydrogen) atoms. The van der Waals surface area contributed by atoms with E-state index < -0.39 is 0 Å². The summed E-state index contributed by atoms with van der Waals surface area (Å²) in [5.41, 5.74) is 0.545. The lowest BCUT2D eigenvalue weighted by Crippen LogP contribution is -2.41. The lowest BCUT2D eigenvalue weighted by molar-refractivity contribution is -0.119. The molecule has 142 valence electrons. The highest BCUT2D eigenvalue weighted by Gasteiger charge is 2.30. The molecule has 3 aliphatic heterocycles. The molecule has 1 amide bonds. The molecule has 7 nitrogen and oxygen atoms in total. The van der Waals surface area contributed by atoms with Crippen LogP contribution in [0.15, 0.2) is 12.1 Å². The number of rotatable bonds is 4. The molecule has 1 aromatic carbocycles. The number of ether oxygens (including phenoxy) is 4. The van der Waals surface area contributed by atoms with E-state index in [9.17, 15) is 4.79 Å². The Hall–Kier alpha value is -1.54. The Bertz CT molecular complexity index is 657. The summed E-state index contributed by atoms with van der Waals surface area (Å²) >= 11 is 6.25. The molecular weight excluding hydrogens is 360 g/mol. The molecule has 8 heteroatoms. The quantitative estimate of drug-likeness (QED) is 0.860. The summed E-state index contributed by atoms with van der Waals surface area (Å²) < 4.78 is 22.2. The molecule has 0 atom stereocenters. The van der Waals surface area contributed by atoms with Gasteiger partial charge in [-0.15, -0.1) is 0 Å². The van der Waals surface area contributed by atoms with Crippen molar-refractivity contribution in [1.29, 1.82) is 0 Å². The second-order valence-corrected chi connectivity index (χ2v) is 7.15. The number of fused-ring (bicyclic) bond motifs is 1. The van der Waals surface area contributed by atoms with Crippen LogP contribution in [0.3, 0.4) is 0 Å². The lowest BCUT2D eigenvalue weighted by Gasteiger charge is -2.33. The van der Waals surface area contributed by atoms with Gasteiger partial charge in [-0.1, -0.05) is 11.6 Å². The Balaban J connectivity index is 1.29. The van der Waals surface area contributed by atoms with Crippen molar-refractivity contribution < 1.29 is 23.7 Å². The molecule has 0 saturated carbocycles. The molecular formula is C18H23ClN2O5. The zero-order chi connectivity index (χ0) is 17.9. The van der Waals surface area contributed by atoms with Crippen molar-refractivity contribution in [2.45, 2.75) is 19.1 Å². The molecule has 0 bridgehead atoms. The fraction of sp³-hybridized carbons (Fsp3) is 0.611. The van der Waals surface area contributed by atoms with E-state index in [4.69, 9.17) is 30.5 Å². The molecule has 3 aliphatic rings. The number of carbonyl (C=O) groups excluding carboxylic acids is 1. The van der Waals surface area contributed by atoms with Crippen LogP contribution in [0.2, 0.25) is 5.02 Å². The van der Waals surface area contributed by atoms with Gasteiger partial charge in [0.1, 0.15) is 13.2 Å². The first-order valence-electron chi connectivity index (χ1n) is 9.03. The first kappa shape index (κ1) is 17.9. The predicted molar refractivity (Wildman–Crippen MR) is 95.9 cm³/mol. The van der Waals surface area contributed by atoms with Gasteiger partial charge in [0.15, 0.2) is 17.8 Å². The number of hydrogen-bond acceptors (Lipinski definition) is 6. The van der Waals surface area contributed by atoms with E-state index in [2.05, 4.69) is 10.2 Å². The van der Waals surface area contributed by atoms with Gasteiger partial charge >= 0.3 is 0 Å². The van der Waals surface area contributed by atoms with E-state index in [0.717, 1.165) is 25.9 Å². The summed E-state index contributed by atoms with van der Waals surface area (Å²) in [5.74, 6) is 1.55. The molecule has 0 radical (unpaired) electrons. The van der Waals surface area contributed by atoms with E-state index in [1.807, 2.05) is 0 Å². The van der Waals surface area contributed by atoms with Gasteiger partial charge in [-0.2, -0.15) is 0 Å². The van der Waals surface area contributed by atoms with E-state index in [-0.39, 0.29) is 12.2 Å². The topological polar surface area (TPSA) is 69.3 Å². The lowest BCUT2D eigenvalue weighted by atomic mass is 9.96. The minimum absolute atomic E-state index is 0.0671. The summed E-state index contributed by atoms with van der Waals surface area (Å²) in [4.78, 5) is 14.6. The van der Waals surface area contributed by atoms with E-state index in [1.54, 1.807) is 12.1 Å². The molecule has 2 saturated heterocycles. The minimum atomic E-state index is -0.0876. The van der Waals surface area contributed by atoms with Crippen molar-refractivity contribution in [3.8, 4) is 11.5 Å². The van der Waals surface area contributed by atoms with Gasteiger partial charge in [-0.05, 0) is 25.9 Å². The van der Waals surface area contributed by atoms with Crippen LogP contribution in [-0.2, 0) is 14.3 Å². The van der Waals surface area contributed by atoms with Gasteiger partial charge in [0.2, 0.25) is 5.91 Å². The summed E-state index contributed by atoms with van der Waals surface area (Å²) in [6, 6.07) is 3.40. The Morgan fingerprint density at radius 2 is 1.73 bits per heavy atom. The summed E-state index contributed by atoms with van der Waals surface area (Å²) in [5, 5.41) is 3.32. The van der Waals surface area contributed by atoms with Crippen LogP contribution in [0.1, 0.15) is 12.8 Å². The highest BCUT2D eigenvalue weighted by molar-refractivity contribution is 6.34. The van der Waals surface area contributed by atoms with Crippen LogP contribution in [0, 0.1) is 5.92 Å². The third kappa shape index (κ3) is 4.06. The first-order valence-corrected chi connectivity index (χ1v) is 9.41. The summed E-state index contributed by atoms with van der Waals surface area (Å²) in [6.45, 7) is 4.41. The van der Waals surface area contributed by atoms with Crippen LogP contribution >= 0.6 is 11.6 Å². The van der Waals surface area contributed by atoms with E-state index in [0.29, 0.717) is 61.1 Å². The molecule has 1 N–H and O–H groups in total. The maximum atomic E-state index is 12.4. The third-order valence-electron chi connectivity index (χ3n) is 4.94. The third-order valence-corrected chi connectivity index (χ3v) is 5.25. The summed E-state index contributed by atoms with van der Waals surface area (Å²) in [7, 11) is 0. The van der Waals surface area contributed by atoms with Gasteiger partial charge in [0, 0.05) is 18.1 Å². The van der Waals surface area contributed by atoms with Crippen LogP contribution in [0.4, 0.5) is 5.69 Å². The molecule has 1 aromatic rings. The largest absolute Gasteiger partial charge is 0.486 e. The second-order valence-electron chi connectivity index (χ2n) is 6.75. The Morgan fingerprint density at radius 3 is 2.42 bits per heavy atom. The van der Waals surface area contributed by atoms with Gasteiger partial charge in [-0.25, -0.2) is 0 Å². The normalized spacial score (nSPS) is 21.7. The maximum absolute atomic E-state index is 12.4. The van der Waals surface area contributed by atoms with Crippen molar-refractivity contribution in [1.82, 2.24) is 4.90 Å². The highest BCUT2D eigenvalue weighted by Crippen LogP contribution is 2.38. The molecule has 4 rings (SSSR count). The number of anilines is 1. The SMILES string of the molecule is O=C(CN1CCC(C2OCCO2)CC1)Nc1cc2c(cc1Cl)OCCO2. The van der Waals surface area contributed by atoms with Crippen molar-refractivity contribution in [2.24, 2.45) is 5.92 Å². The monoisotopic (exact) mass is 382 g/mol. The van der Waals surface area contributed by atoms with Crippen LogP contribution < -0.4 is 14.8 Å². The predicted octanol–water partition coefficient (Wildman–Crippen LogP) is 2.13. The molecule has 0 aromatic heterocycles. The number of benzene rings is 1. The van der Waals surface area contributed by atoms with Crippen LogP contribution in [-0.4, -0.2) is 63.2 Å². The van der Waals surface area contributed by atoms with Crippen LogP contribution in [0.25, 0.3) is 0 Å². The molecule has 0 spiro atoms. The number of carbonyl (C=O) groups is 1. The number of piperidine rings is 1. The Labute approximate surface area is 157 Å². The smallest absolute Gasteiger partial charge is 0.238 e. The first-order chi connectivity index (χ1) is 12.7. The number of likely N-dealkylation sites (tertiary alicyclic amines) is 1. The zero-order valence-corrected chi connectivity index (χ0v) is 15.3. The van der Waals surface area contributed by atoms with Gasteiger partial charge in [0.25, 0.3) is 0 Å². The molecule has 3 heterocycles. The molecule has 2 fully saturated rings. The van der Waals surface area contributed by atoms with Crippen molar-refractivity contribution in [2.75, 3.05) is 51.4 Å².